The van der Waals surface area contributed by atoms with Crippen molar-refractivity contribution < 1.29 is 0 Å². The molecule has 2 heteroatoms. The molecule has 1 N–H and O–H groups in total. The maximum atomic E-state index is 4.41. The van der Waals surface area contributed by atoms with Crippen LogP contribution in [-0.2, 0) is 6.42 Å². The highest BCUT2D eigenvalue weighted by Crippen LogP contribution is 2.38. The molecule has 1 aliphatic carbocycles. The molecule has 0 spiro atoms. The first-order valence-corrected chi connectivity index (χ1v) is 4.59. The summed E-state index contributed by atoms with van der Waals surface area (Å²) in [4.78, 5) is 4.41. The topological polar surface area (TPSA) is 24.9 Å². The summed E-state index contributed by atoms with van der Waals surface area (Å²) < 4.78 is 0. The Morgan fingerprint density at radius 3 is 3.42 bits per heavy atom. The molecule has 0 bridgehead atoms. The van der Waals surface area contributed by atoms with Gasteiger partial charge in [0.15, 0.2) is 0 Å². The Bertz CT molecular complexity index is 308. The molecule has 2 atom stereocenters. The van der Waals surface area contributed by atoms with Gasteiger partial charge in [-0.1, -0.05) is 6.07 Å². The first-order chi connectivity index (χ1) is 5.95. The molecule has 12 heavy (non-hydrogen) atoms. The minimum atomic E-state index is 0.758. The van der Waals surface area contributed by atoms with Crippen LogP contribution in [0.1, 0.15) is 17.2 Å². The van der Waals surface area contributed by atoms with Crippen LogP contribution < -0.4 is 5.32 Å². The fourth-order valence-corrected chi connectivity index (χ4v) is 2.52. The summed E-state index contributed by atoms with van der Waals surface area (Å²) in [6.45, 7) is 2.34. The normalized spacial score (nSPS) is 31.7. The van der Waals surface area contributed by atoms with Gasteiger partial charge in [0.2, 0.25) is 0 Å². The van der Waals surface area contributed by atoms with Crippen molar-refractivity contribution in [3.63, 3.8) is 0 Å². The van der Waals surface area contributed by atoms with Crippen LogP contribution in [0, 0.1) is 5.92 Å². The zero-order valence-corrected chi connectivity index (χ0v) is 6.96. The molecule has 2 heterocycles. The highest BCUT2D eigenvalue weighted by molar-refractivity contribution is 5.32. The summed E-state index contributed by atoms with van der Waals surface area (Å²) in [5.74, 6) is 1.59. The van der Waals surface area contributed by atoms with Crippen LogP contribution in [0.15, 0.2) is 18.3 Å². The maximum absolute atomic E-state index is 4.41. The largest absolute Gasteiger partial charge is 0.316 e. The summed E-state index contributed by atoms with van der Waals surface area (Å²) in [7, 11) is 0. The summed E-state index contributed by atoms with van der Waals surface area (Å²) in [6, 6.07) is 4.29. The second-order valence-electron chi connectivity index (χ2n) is 3.77. The SMILES string of the molecule is c1cnc2c(c1)[C@H]1CNC[C@@H]1C2. The van der Waals surface area contributed by atoms with Crippen molar-refractivity contribution in [2.24, 2.45) is 5.92 Å². The second-order valence-corrected chi connectivity index (χ2v) is 3.77. The molecule has 0 radical (unpaired) electrons. The lowest BCUT2D eigenvalue weighted by atomic mass is 9.97. The molecule has 0 amide bonds. The van der Waals surface area contributed by atoms with E-state index in [-0.39, 0.29) is 0 Å². The van der Waals surface area contributed by atoms with Gasteiger partial charge in [0.1, 0.15) is 0 Å². The lowest BCUT2D eigenvalue weighted by Crippen LogP contribution is -2.10. The van der Waals surface area contributed by atoms with Crippen molar-refractivity contribution in [1.82, 2.24) is 10.3 Å². The lowest BCUT2D eigenvalue weighted by Gasteiger charge is -2.06. The third kappa shape index (κ3) is 0.758. The van der Waals surface area contributed by atoms with Gasteiger partial charge in [0.25, 0.3) is 0 Å². The molecule has 0 aromatic carbocycles. The second kappa shape index (κ2) is 2.30. The number of aromatic nitrogens is 1. The fraction of sp³-hybridized carbons (Fsp3) is 0.500. The molecule has 62 valence electrons. The van der Waals surface area contributed by atoms with Crippen molar-refractivity contribution in [2.75, 3.05) is 13.1 Å². The molecular weight excluding hydrogens is 148 g/mol. The van der Waals surface area contributed by atoms with Crippen LogP contribution in [0.25, 0.3) is 0 Å². The number of rotatable bonds is 0. The average Bonchev–Trinajstić information content (AvgIpc) is 2.62. The van der Waals surface area contributed by atoms with Crippen LogP contribution in [-0.4, -0.2) is 18.1 Å². The molecule has 0 unspecified atom stereocenters. The van der Waals surface area contributed by atoms with Crippen LogP contribution in [0.3, 0.4) is 0 Å². The van der Waals surface area contributed by atoms with Crippen LogP contribution >= 0.6 is 0 Å². The number of hydrogen-bond acceptors (Lipinski definition) is 2. The van der Waals surface area contributed by atoms with E-state index in [9.17, 15) is 0 Å². The molecule has 1 fully saturated rings. The van der Waals surface area contributed by atoms with Gasteiger partial charge in [0.05, 0.1) is 0 Å². The lowest BCUT2D eigenvalue weighted by molar-refractivity contribution is 0.562. The summed E-state index contributed by atoms with van der Waals surface area (Å²) in [5.41, 5.74) is 2.83. The van der Waals surface area contributed by atoms with Crippen LogP contribution in [0.5, 0.6) is 0 Å². The molecule has 2 aliphatic rings. The van der Waals surface area contributed by atoms with E-state index in [1.807, 2.05) is 6.20 Å². The van der Waals surface area contributed by atoms with Gasteiger partial charge in [-0.25, -0.2) is 0 Å². The van der Waals surface area contributed by atoms with Gasteiger partial charge in [-0.2, -0.15) is 0 Å². The Hall–Kier alpha value is -0.890. The summed E-state index contributed by atoms with van der Waals surface area (Å²) in [6.07, 6.45) is 3.10. The Morgan fingerprint density at radius 1 is 1.42 bits per heavy atom. The van der Waals surface area contributed by atoms with Gasteiger partial charge < -0.3 is 5.32 Å². The Kier molecular flexibility index (Phi) is 1.27. The minimum absolute atomic E-state index is 0.758. The molecule has 1 saturated heterocycles. The quantitative estimate of drug-likeness (QED) is 0.611. The molecular formula is C10H12N2. The predicted molar refractivity (Wildman–Crippen MR) is 47.0 cm³/mol. The van der Waals surface area contributed by atoms with Crippen molar-refractivity contribution in [1.29, 1.82) is 0 Å². The van der Waals surface area contributed by atoms with Gasteiger partial charge in [-0.05, 0) is 30.5 Å². The van der Waals surface area contributed by atoms with Gasteiger partial charge in [0, 0.05) is 24.4 Å². The summed E-state index contributed by atoms with van der Waals surface area (Å²) in [5, 5.41) is 3.44. The fourth-order valence-electron chi connectivity index (χ4n) is 2.52. The predicted octanol–water partition coefficient (Wildman–Crippen LogP) is 0.941. The van der Waals surface area contributed by atoms with E-state index < -0.39 is 0 Å². The highest BCUT2D eigenvalue weighted by Gasteiger charge is 2.36. The molecule has 2 nitrogen and oxygen atoms in total. The number of pyridine rings is 1. The minimum Gasteiger partial charge on any atom is -0.316 e. The number of fused-ring (bicyclic) bond motifs is 3. The Balaban J connectivity index is 2.09. The third-order valence-corrected chi connectivity index (χ3v) is 3.12. The Labute approximate surface area is 72.0 Å². The molecule has 0 saturated carbocycles. The molecule has 1 aromatic rings. The van der Waals surface area contributed by atoms with E-state index in [4.69, 9.17) is 0 Å². The zero-order valence-electron chi connectivity index (χ0n) is 6.96. The van der Waals surface area contributed by atoms with E-state index in [2.05, 4.69) is 22.4 Å². The average molecular weight is 160 g/mol. The van der Waals surface area contributed by atoms with Gasteiger partial charge in [-0.3, -0.25) is 4.98 Å². The highest BCUT2D eigenvalue weighted by atomic mass is 14.9. The van der Waals surface area contributed by atoms with E-state index in [0.29, 0.717) is 0 Å². The Morgan fingerprint density at radius 2 is 2.42 bits per heavy atom. The van der Waals surface area contributed by atoms with Crippen molar-refractivity contribution in [2.45, 2.75) is 12.3 Å². The van der Waals surface area contributed by atoms with E-state index in [1.54, 1.807) is 0 Å². The van der Waals surface area contributed by atoms with Crippen LogP contribution in [0.4, 0.5) is 0 Å². The number of hydrogen-bond donors (Lipinski definition) is 1. The maximum Gasteiger partial charge on any atom is 0.0442 e. The third-order valence-electron chi connectivity index (χ3n) is 3.12. The smallest absolute Gasteiger partial charge is 0.0442 e. The molecule has 1 aliphatic heterocycles. The summed E-state index contributed by atoms with van der Waals surface area (Å²) >= 11 is 0. The molecule has 3 rings (SSSR count). The van der Waals surface area contributed by atoms with Crippen molar-refractivity contribution >= 4 is 0 Å². The van der Waals surface area contributed by atoms with E-state index >= 15 is 0 Å². The van der Waals surface area contributed by atoms with Gasteiger partial charge >= 0.3 is 0 Å². The molecule has 1 aromatic heterocycles. The number of nitrogens with one attached hydrogen (secondary N) is 1. The van der Waals surface area contributed by atoms with Crippen molar-refractivity contribution in [3.05, 3.63) is 29.6 Å². The first kappa shape index (κ1) is 6.61. The van der Waals surface area contributed by atoms with Gasteiger partial charge in [-0.15, -0.1) is 0 Å². The van der Waals surface area contributed by atoms with Crippen LogP contribution in [0.2, 0.25) is 0 Å². The monoisotopic (exact) mass is 160 g/mol. The van der Waals surface area contributed by atoms with E-state index in [1.165, 1.54) is 24.2 Å². The number of nitrogens with zero attached hydrogens (tertiary/aromatic N) is 1. The van der Waals surface area contributed by atoms with Crippen molar-refractivity contribution in [3.8, 4) is 0 Å². The first-order valence-electron chi connectivity index (χ1n) is 4.59. The standard InChI is InChI=1S/C10H12N2/c1-2-8-9-6-11-5-7(9)4-10(8)12-3-1/h1-3,7,9,11H,4-6H2/t7-,9-/m0/s1. The van der Waals surface area contributed by atoms with E-state index in [0.717, 1.165) is 18.4 Å². The zero-order chi connectivity index (χ0) is 7.97.